The highest BCUT2D eigenvalue weighted by atomic mass is 16.5. The van der Waals surface area contributed by atoms with E-state index in [2.05, 4.69) is 25.7 Å². The van der Waals surface area contributed by atoms with Crippen molar-refractivity contribution < 1.29 is 9.53 Å². The number of aryl methyl sites for hydroxylation is 1. The number of carbonyl (C=O) groups excluding carboxylic acids is 1. The molecule has 7 nitrogen and oxygen atoms in total. The Bertz CT molecular complexity index is 559. The van der Waals surface area contributed by atoms with Gasteiger partial charge < -0.3 is 20.3 Å². The van der Waals surface area contributed by atoms with Gasteiger partial charge in [-0.15, -0.1) is 5.10 Å². The predicted octanol–water partition coefficient (Wildman–Crippen LogP) is 1.03. The second kappa shape index (κ2) is 8.58. The molecular formula is C18H29N5O2. The van der Waals surface area contributed by atoms with Gasteiger partial charge in [0.15, 0.2) is 5.82 Å². The molecule has 2 fully saturated rings. The topological polar surface area (TPSA) is 79.4 Å². The van der Waals surface area contributed by atoms with E-state index >= 15 is 0 Å². The van der Waals surface area contributed by atoms with Crippen LogP contribution in [-0.4, -0.2) is 60.5 Å². The molecule has 2 saturated heterocycles. The normalized spacial score (nSPS) is 25.0. The molecule has 0 spiro atoms. The van der Waals surface area contributed by atoms with Gasteiger partial charge in [-0.05, 0) is 51.7 Å². The van der Waals surface area contributed by atoms with Gasteiger partial charge in [0.1, 0.15) is 0 Å². The van der Waals surface area contributed by atoms with Crippen LogP contribution in [0, 0.1) is 6.92 Å². The first-order valence-electron chi connectivity index (χ1n) is 9.32. The summed E-state index contributed by atoms with van der Waals surface area (Å²) >= 11 is 0. The third kappa shape index (κ3) is 5.12. The van der Waals surface area contributed by atoms with Crippen LogP contribution in [0.4, 0.5) is 5.82 Å². The van der Waals surface area contributed by atoms with Crippen molar-refractivity contribution in [3.05, 3.63) is 17.8 Å². The maximum absolute atomic E-state index is 12.3. The first kappa shape index (κ1) is 18.1. The van der Waals surface area contributed by atoms with Crippen LogP contribution in [0.25, 0.3) is 0 Å². The average molecular weight is 347 g/mol. The highest BCUT2D eigenvalue weighted by Crippen LogP contribution is 2.17. The van der Waals surface area contributed by atoms with Crippen LogP contribution in [0.1, 0.15) is 38.3 Å². The molecule has 0 unspecified atom stereocenters. The highest BCUT2D eigenvalue weighted by molar-refractivity contribution is 5.81. The van der Waals surface area contributed by atoms with E-state index in [0.717, 1.165) is 56.9 Å². The van der Waals surface area contributed by atoms with E-state index in [1.165, 1.54) is 0 Å². The lowest BCUT2D eigenvalue weighted by atomic mass is 10.0. The largest absolute Gasteiger partial charge is 0.376 e. The Hall–Kier alpha value is -1.73. The molecule has 0 radical (unpaired) electrons. The molecule has 2 aliphatic heterocycles. The van der Waals surface area contributed by atoms with Gasteiger partial charge in [-0.3, -0.25) is 4.79 Å². The second-order valence-corrected chi connectivity index (χ2v) is 7.09. The number of nitrogens with zero attached hydrogens (tertiary/aromatic N) is 3. The third-order valence-corrected chi connectivity index (χ3v) is 4.94. The lowest BCUT2D eigenvalue weighted by molar-refractivity contribution is -0.123. The Balaban J connectivity index is 1.46. The fraction of sp³-hybridized carbons (Fsp3) is 0.722. The fourth-order valence-corrected chi connectivity index (χ4v) is 3.48. The van der Waals surface area contributed by atoms with Crippen molar-refractivity contribution in [1.29, 1.82) is 0 Å². The molecule has 0 bridgehead atoms. The van der Waals surface area contributed by atoms with Gasteiger partial charge in [0, 0.05) is 32.3 Å². The van der Waals surface area contributed by atoms with E-state index in [1.807, 2.05) is 26.0 Å². The number of piperidine rings is 1. The average Bonchev–Trinajstić information content (AvgIpc) is 3.14. The summed E-state index contributed by atoms with van der Waals surface area (Å²) in [6.07, 6.45) is 4.46. The van der Waals surface area contributed by atoms with Crippen molar-refractivity contribution in [3.63, 3.8) is 0 Å². The molecule has 2 N–H and O–H groups in total. The minimum absolute atomic E-state index is 0.0442. The summed E-state index contributed by atoms with van der Waals surface area (Å²) in [5.41, 5.74) is 0.923. The van der Waals surface area contributed by atoms with Crippen LogP contribution < -0.4 is 15.5 Å². The standard InChI is InChI=1S/C18H29N5O2/c1-13-7-8-17(22-21-13)23-9-3-5-15(12-23)20-14(2)18(24)19-11-16-6-4-10-25-16/h7-8,14-16,20H,3-6,9-12H2,1-2H3,(H,19,24)/t14-,15-,16+/m0/s1. The van der Waals surface area contributed by atoms with Crippen molar-refractivity contribution in [3.8, 4) is 0 Å². The molecule has 2 aliphatic rings. The zero-order valence-electron chi connectivity index (χ0n) is 15.2. The van der Waals surface area contributed by atoms with Crippen molar-refractivity contribution in [2.24, 2.45) is 0 Å². The van der Waals surface area contributed by atoms with Crippen molar-refractivity contribution in [2.45, 2.75) is 57.7 Å². The highest BCUT2D eigenvalue weighted by Gasteiger charge is 2.25. The molecule has 7 heteroatoms. The van der Waals surface area contributed by atoms with Crippen LogP contribution in [0.5, 0.6) is 0 Å². The summed E-state index contributed by atoms with van der Waals surface area (Å²) in [6, 6.07) is 4.07. The third-order valence-electron chi connectivity index (χ3n) is 4.94. The summed E-state index contributed by atoms with van der Waals surface area (Å²) in [4.78, 5) is 14.5. The zero-order chi connectivity index (χ0) is 17.6. The van der Waals surface area contributed by atoms with E-state index < -0.39 is 0 Å². The number of ether oxygens (including phenoxy) is 1. The van der Waals surface area contributed by atoms with Crippen molar-refractivity contribution >= 4 is 11.7 Å². The molecule has 1 aromatic heterocycles. The SMILES string of the molecule is Cc1ccc(N2CCC[C@H](N[C@@H](C)C(=O)NC[C@H]3CCCO3)C2)nn1. The minimum Gasteiger partial charge on any atom is -0.376 e. The van der Waals surface area contributed by atoms with Crippen LogP contribution in [0.15, 0.2) is 12.1 Å². The molecule has 138 valence electrons. The summed E-state index contributed by atoms with van der Waals surface area (Å²) in [6.45, 7) is 7.12. The summed E-state index contributed by atoms with van der Waals surface area (Å²) < 4.78 is 5.55. The molecule has 3 atom stereocenters. The summed E-state index contributed by atoms with van der Waals surface area (Å²) in [5, 5.41) is 14.9. The number of hydrogen-bond donors (Lipinski definition) is 2. The number of anilines is 1. The number of aromatic nitrogens is 2. The lowest BCUT2D eigenvalue weighted by Gasteiger charge is -2.35. The molecule has 0 aliphatic carbocycles. The molecule has 25 heavy (non-hydrogen) atoms. The van der Waals surface area contributed by atoms with E-state index in [9.17, 15) is 4.79 Å². The van der Waals surface area contributed by atoms with Gasteiger partial charge in [-0.2, -0.15) is 5.10 Å². The monoisotopic (exact) mass is 347 g/mol. The maximum Gasteiger partial charge on any atom is 0.236 e. The molecule has 0 saturated carbocycles. The second-order valence-electron chi connectivity index (χ2n) is 7.09. The Morgan fingerprint density at radius 2 is 2.24 bits per heavy atom. The number of carbonyl (C=O) groups is 1. The Kier molecular flexibility index (Phi) is 6.20. The molecule has 1 aromatic rings. The first-order chi connectivity index (χ1) is 12.1. The summed E-state index contributed by atoms with van der Waals surface area (Å²) in [5.74, 6) is 0.954. The quantitative estimate of drug-likeness (QED) is 0.800. The molecular weight excluding hydrogens is 318 g/mol. The summed E-state index contributed by atoms with van der Waals surface area (Å²) in [7, 11) is 0. The smallest absolute Gasteiger partial charge is 0.236 e. The maximum atomic E-state index is 12.3. The molecule has 3 rings (SSSR count). The van der Waals surface area contributed by atoms with Crippen molar-refractivity contribution in [2.75, 3.05) is 31.1 Å². The number of nitrogens with one attached hydrogen (secondary N) is 2. The van der Waals surface area contributed by atoms with Crippen molar-refractivity contribution in [1.82, 2.24) is 20.8 Å². The van der Waals surface area contributed by atoms with E-state index in [0.29, 0.717) is 6.54 Å². The van der Waals surface area contributed by atoms with Crippen LogP contribution in [0.2, 0.25) is 0 Å². The van der Waals surface area contributed by atoms with E-state index in [4.69, 9.17) is 4.74 Å². The molecule has 1 amide bonds. The minimum atomic E-state index is -0.213. The van der Waals surface area contributed by atoms with E-state index in [-0.39, 0.29) is 24.1 Å². The van der Waals surface area contributed by atoms with Gasteiger partial charge in [0.05, 0.1) is 17.8 Å². The Labute approximate surface area is 149 Å². The van der Waals surface area contributed by atoms with Crippen LogP contribution in [-0.2, 0) is 9.53 Å². The fourth-order valence-electron chi connectivity index (χ4n) is 3.48. The number of rotatable bonds is 6. The van der Waals surface area contributed by atoms with Gasteiger partial charge >= 0.3 is 0 Å². The van der Waals surface area contributed by atoms with Gasteiger partial charge in [-0.25, -0.2) is 0 Å². The van der Waals surface area contributed by atoms with Crippen LogP contribution >= 0.6 is 0 Å². The predicted molar refractivity (Wildman–Crippen MR) is 96.6 cm³/mol. The Morgan fingerprint density at radius 3 is 2.96 bits per heavy atom. The van der Waals surface area contributed by atoms with E-state index in [1.54, 1.807) is 0 Å². The van der Waals surface area contributed by atoms with Gasteiger partial charge in [0.25, 0.3) is 0 Å². The molecule has 3 heterocycles. The van der Waals surface area contributed by atoms with Gasteiger partial charge in [-0.1, -0.05) is 0 Å². The first-order valence-corrected chi connectivity index (χ1v) is 9.32. The Morgan fingerprint density at radius 1 is 1.36 bits per heavy atom. The van der Waals surface area contributed by atoms with Gasteiger partial charge in [0.2, 0.25) is 5.91 Å². The number of amides is 1. The van der Waals surface area contributed by atoms with Crippen LogP contribution in [0.3, 0.4) is 0 Å². The molecule has 0 aromatic carbocycles. The lowest BCUT2D eigenvalue weighted by Crippen LogP contribution is -2.53. The zero-order valence-corrected chi connectivity index (χ0v) is 15.2. The number of hydrogen-bond acceptors (Lipinski definition) is 6.